The van der Waals surface area contributed by atoms with Crippen LogP contribution in [0.15, 0.2) is 42.2 Å². The molecule has 0 spiro atoms. The lowest BCUT2D eigenvalue weighted by Crippen LogP contribution is -2.24. The highest BCUT2D eigenvalue weighted by Gasteiger charge is 2.29. The molecule has 0 fully saturated rings. The van der Waals surface area contributed by atoms with Crippen molar-refractivity contribution in [3.63, 3.8) is 0 Å². The highest BCUT2D eigenvalue weighted by Crippen LogP contribution is 2.36. The average Bonchev–Trinajstić information content (AvgIpc) is 2.95. The van der Waals surface area contributed by atoms with Gasteiger partial charge in [-0.05, 0) is 55.4 Å². The maximum Gasteiger partial charge on any atom is 0.283 e. The predicted molar refractivity (Wildman–Crippen MR) is 107 cm³/mol. The van der Waals surface area contributed by atoms with E-state index in [4.69, 9.17) is 15.5 Å². The Bertz CT molecular complexity index is 980. The number of fused-ring (bicyclic) bond motifs is 2. The lowest BCUT2D eigenvalue weighted by Gasteiger charge is -2.30. The number of hydrogen-bond donors (Lipinski definition) is 1. The van der Waals surface area contributed by atoms with Crippen LogP contribution in [-0.2, 0) is 17.6 Å². The number of ether oxygens (including phenoxy) is 1. The molecule has 0 amide bonds. The number of carbonyl (C=O) groups is 1. The quantitative estimate of drug-likeness (QED) is 0.505. The number of pyridine rings is 1. The van der Waals surface area contributed by atoms with Crippen LogP contribution < -0.4 is 5.73 Å². The maximum absolute atomic E-state index is 13.2. The Morgan fingerprint density at radius 2 is 2.19 bits per heavy atom. The van der Waals surface area contributed by atoms with Gasteiger partial charge in [0, 0.05) is 5.69 Å². The van der Waals surface area contributed by atoms with E-state index in [1.54, 1.807) is 25.2 Å². The summed E-state index contributed by atoms with van der Waals surface area (Å²) in [6, 6.07) is 2.03. The van der Waals surface area contributed by atoms with Gasteiger partial charge in [-0.2, -0.15) is 4.68 Å². The summed E-state index contributed by atoms with van der Waals surface area (Å²) in [6.45, 7) is 9.96. The van der Waals surface area contributed by atoms with E-state index in [0.717, 1.165) is 25.0 Å². The zero-order chi connectivity index (χ0) is 19.8. The highest BCUT2D eigenvalue weighted by atomic mass is 16.5. The van der Waals surface area contributed by atoms with E-state index in [1.807, 2.05) is 6.07 Å². The normalized spacial score (nSPS) is 16.9. The molecular formula is C21H26N4O2. The second-order valence-corrected chi connectivity index (χ2v) is 7.58. The summed E-state index contributed by atoms with van der Waals surface area (Å²) in [6.07, 6.45) is 7.79. The number of rotatable bonds is 4. The number of nitrogens with two attached hydrogens (primary N) is 1. The molecule has 3 rings (SSSR count). The zero-order valence-electron chi connectivity index (χ0n) is 16.4. The van der Waals surface area contributed by atoms with Gasteiger partial charge in [0.2, 0.25) is 0 Å². The van der Waals surface area contributed by atoms with Crippen molar-refractivity contribution < 1.29 is 9.53 Å². The number of anilines is 1. The standard InChI is InChI=1S/C21H26N4O2/c1-6-8-14(17(7-2)27-5)20(26)25-19-15(18(22)24-25)11-13-9-10-21(3,4)12-16(13)23-19/h6-8,11H,1,9-10,12H2,2-5H3,(H2,22,24)/b14-8+,17-7+. The van der Waals surface area contributed by atoms with Gasteiger partial charge in [0.05, 0.1) is 18.1 Å². The van der Waals surface area contributed by atoms with Crippen molar-refractivity contribution in [1.82, 2.24) is 14.8 Å². The lowest BCUT2D eigenvalue weighted by molar-refractivity contribution is 0.0938. The molecule has 0 bridgehead atoms. The fourth-order valence-corrected chi connectivity index (χ4v) is 3.54. The summed E-state index contributed by atoms with van der Waals surface area (Å²) in [7, 11) is 1.52. The fraction of sp³-hybridized carbons (Fsp3) is 0.381. The highest BCUT2D eigenvalue weighted by molar-refractivity contribution is 6.04. The molecule has 142 valence electrons. The molecule has 0 saturated carbocycles. The SMILES string of the molecule is C=C/C=C(C(=O)n1nc(N)c2cc3c(nc21)CC(C)(C)CC3)\C(=C/C)OC. The molecule has 0 radical (unpaired) electrons. The maximum atomic E-state index is 13.2. The molecule has 6 heteroatoms. The van der Waals surface area contributed by atoms with Crippen LogP contribution in [0.5, 0.6) is 0 Å². The molecule has 0 aliphatic heterocycles. The van der Waals surface area contributed by atoms with E-state index in [1.165, 1.54) is 17.4 Å². The molecule has 1 aliphatic carbocycles. The first kappa shape index (κ1) is 18.9. The Hall–Kier alpha value is -2.89. The topological polar surface area (TPSA) is 83.0 Å². The number of nitrogen functional groups attached to an aromatic ring is 1. The second-order valence-electron chi connectivity index (χ2n) is 7.58. The van der Waals surface area contributed by atoms with E-state index in [0.29, 0.717) is 28.2 Å². The first-order chi connectivity index (χ1) is 12.8. The van der Waals surface area contributed by atoms with Gasteiger partial charge in [-0.3, -0.25) is 4.79 Å². The molecule has 2 N–H and O–H groups in total. The molecule has 2 heterocycles. The van der Waals surface area contributed by atoms with E-state index < -0.39 is 0 Å². The molecule has 0 unspecified atom stereocenters. The summed E-state index contributed by atoms with van der Waals surface area (Å²) in [5.41, 5.74) is 9.33. The van der Waals surface area contributed by atoms with Crippen LogP contribution in [0.3, 0.4) is 0 Å². The Morgan fingerprint density at radius 1 is 1.44 bits per heavy atom. The third-order valence-electron chi connectivity index (χ3n) is 5.03. The van der Waals surface area contributed by atoms with Crippen LogP contribution in [0.1, 0.15) is 43.2 Å². The van der Waals surface area contributed by atoms with Gasteiger partial charge < -0.3 is 10.5 Å². The number of aryl methyl sites for hydroxylation is 1. The van der Waals surface area contributed by atoms with Gasteiger partial charge in [0.1, 0.15) is 5.76 Å². The smallest absolute Gasteiger partial charge is 0.283 e. The molecule has 0 atom stereocenters. The van der Waals surface area contributed by atoms with E-state index in [2.05, 4.69) is 25.5 Å². The Kier molecular flexibility index (Phi) is 4.91. The van der Waals surface area contributed by atoms with Gasteiger partial charge in [-0.15, -0.1) is 5.10 Å². The Labute approximate surface area is 159 Å². The van der Waals surface area contributed by atoms with E-state index >= 15 is 0 Å². The summed E-state index contributed by atoms with van der Waals surface area (Å²) in [4.78, 5) is 18.0. The van der Waals surface area contributed by atoms with Gasteiger partial charge in [-0.1, -0.05) is 26.5 Å². The van der Waals surface area contributed by atoms with Gasteiger partial charge in [0.15, 0.2) is 11.5 Å². The van der Waals surface area contributed by atoms with Crippen molar-refractivity contribution in [2.24, 2.45) is 5.41 Å². The van der Waals surface area contributed by atoms with Crippen molar-refractivity contribution >= 4 is 22.8 Å². The van der Waals surface area contributed by atoms with Gasteiger partial charge >= 0.3 is 0 Å². The molecule has 2 aromatic rings. The van der Waals surface area contributed by atoms with E-state index in [-0.39, 0.29) is 11.3 Å². The summed E-state index contributed by atoms with van der Waals surface area (Å²) >= 11 is 0. The summed E-state index contributed by atoms with van der Waals surface area (Å²) in [5, 5.41) is 4.98. The number of hydrogen-bond acceptors (Lipinski definition) is 5. The molecular weight excluding hydrogens is 340 g/mol. The number of methoxy groups -OCH3 is 1. The lowest BCUT2D eigenvalue weighted by atomic mass is 9.76. The van der Waals surface area contributed by atoms with Crippen LogP contribution in [0.25, 0.3) is 11.0 Å². The average molecular weight is 366 g/mol. The number of allylic oxidation sites excluding steroid dienone is 4. The van der Waals surface area contributed by atoms with Crippen molar-refractivity contribution in [2.45, 2.75) is 40.0 Å². The van der Waals surface area contributed by atoms with Crippen LogP contribution in [0.2, 0.25) is 0 Å². The molecule has 27 heavy (non-hydrogen) atoms. The van der Waals surface area contributed by atoms with Gasteiger partial charge in [0.25, 0.3) is 5.91 Å². The Balaban J connectivity index is 2.16. The van der Waals surface area contributed by atoms with Crippen LogP contribution >= 0.6 is 0 Å². The van der Waals surface area contributed by atoms with Crippen LogP contribution in [-0.4, -0.2) is 27.8 Å². The molecule has 0 aromatic carbocycles. The zero-order valence-corrected chi connectivity index (χ0v) is 16.4. The molecule has 2 aromatic heterocycles. The number of carbonyl (C=O) groups excluding carboxylic acids is 1. The monoisotopic (exact) mass is 366 g/mol. The largest absolute Gasteiger partial charge is 0.496 e. The number of aromatic nitrogens is 3. The van der Waals surface area contributed by atoms with Crippen molar-refractivity contribution in [3.05, 3.63) is 53.5 Å². The summed E-state index contributed by atoms with van der Waals surface area (Å²) in [5.74, 6) is 0.395. The van der Waals surface area contributed by atoms with Gasteiger partial charge in [-0.25, -0.2) is 4.98 Å². The van der Waals surface area contributed by atoms with Crippen LogP contribution in [0, 0.1) is 5.41 Å². The fourth-order valence-electron chi connectivity index (χ4n) is 3.54. The second kappa shape index (κ2) is 7.02. The third kappa shape index (κ3) is 3.39. The van der Waals surface area contributed by atoms with Crippen molar-refractivity contribution in [2.75, 3.05) is 12.8 Å². The third-order valence-corrected chi connectivity index (χ3v) is 5.03. The number of nitrogens with zero attached hydrogens (tertiary/aromatic N) is 3. The van der Waals surface area contributed by atoms with E-state index in [9.17, 15) is 4.79 Å². The van der Waals surface area contributed by atoms with Crippen molar-refractivity contribution in [3.8, 4) is 0 Å². The molecule has 6 nitrogen and oxygen atoms in total. The summed E-state index contributed by atoms with van der Waals surface area (Å²) < 4.78 is 6.59. The first-order valence-corrected chi connectivity index (χ1v) is 9.06. The minimum Gasteiger partial charge on any atom is -0.496 e. The predicted octanol–water partition coefficient (Wildman–Crippen LogP) is 3.83. The molecule has 0 saturated heterocycles. The minimum atomic E-state index is -0.353. The van der Waals surface area contributed by atoms with Crippen molar-refractivity contribution in [1.29, 1.82) is 0 Å². The minimum absolute atomic E-state index is 0.191. The van der Waals surface area contributed by atoms with Crippen LogP contribution in [0.4, 0.5) is 5.82 Å². The first-order valence-electron chi connectivity index (χ1n) is 9.06. The Morgan fingerprint density at radius 3 is 2.81 bits per heavy atom. The molecule has 1 aliphatic rings.